The quantitative estimate of drug-likeness (QED) is 0.868. The zero-order valence-electron chi connectivity index (χ0n) is 15.8. The molecule has 2 aliphatic heterocycles. The smallest absolute Gasteiger partial charge is 0.274 e. The van der Waals surface area contributed by atoms with Crippen LogP contribution in [0.2, 0.25) is 0 Å². The number of aromatic nitrogens is 2. The Kier molecular flexibility index (Phi) is 4.92. The van der Waals surface area contributed by atoms with E-state index < -0.39 is 5.60 Å². The topological polar surface area (TPSA) is 76.8 Å². The number of fused-ring (bicyclic) bond motifs is 1. The highest BCUT2D eigenvalue weighted by Gasteiger charge is 2.42. The summed E-state index contributed by atoms with van der Waals surface area (Å²) in [6.45, 7) is 9.89. The maximum atomic E-state index is 13.0. The van der Waals surface area contributed by atoms with Crippen LogP contribution in [0.15, 0.2) is 0 Å². The zero-order chi connectivity index (χ0) is 18.4. The lowest BCUT2D eigenvalue weighted by atomic mass is 9.84. The first-order valence-electron chi connectivity index (χ1n) is 8.98. The molecule has 25 heavy (non-hydrogen) atoms. The van der Waals surface area contributed by atoms with E-state index in [9.17, 15) is 9.90 Å². The van der Waals surface area contributed by atoms with E-state index in [4.69, 9.17) is 9.47 Å². The monoisotopic (exact) mass is 351 g/mol. The van der Waals surface area contributed by atoms with Gasteiger partial charge < -0.3 is 19.5 Å². The fourth-order valence-corrected chi connectivity index (χ4v) is 3.68. The van der Waals surface area contributed by atoms with Gasteiger partial charge in [-0.3, -0.25) is 9.48 Å². The van der Waals surface area contributed by atoms with Gasteiger partial charge in [0, 0.05) is 38.1 Å². The summed E-state index contributed by atoms with van der Waals surface area (Å²) in [5.74, 6) is 0.0678. The number of carbonyl (C=O) groups is 1. The van der Waals surface area contributed by atoms with Crippen LogP contribution >= 0.6 is 0 Å². The average molecular weight is 351 g/mol. The first kappa shape index (κ1) is 18.4. The molecule has 1 saturated heterocycles. The molecule has 1 aromatic heterocycles. The molecule has 1 N–H and O–H groups in total. The molecular weight excluding hydrogens is 322 g/mol. The van der Waals surface area contributed by atoms with Gasteiger partial charge in [-0.05, 0) is 27.7 Å². The standard InChI is InChI=1S/C18H29N3O4/c1-11-8-14-15(17(22)20-9-13(10-20)18(3,4)23)19-21(6-7-24-5)16(14)12(2)25-11/h11-13,23H,6-10H2,1-5H3/t11-,12+/m1/s1. The summed E-state index contributed by atoms with van der Waals surface area (Å²) < 4.78 is 13.0. The maximum absolute atomic E-state index is 13.0. The van der Waals surface area contributed by atoms with Crippen LogP contribution in [0.3, 0.4) is 0 Å². The molecule has 1 fully saturated rings. The third-order valence-corrected chi connectivity index (χ3v) is 5.28. The highest BCUT2D eigenvalue weighted by molar-refractivity contribution is 5.94. The number of amides is 1. The Morgan fingerprint density at radius 2 is 2.08 bits per heavy atom. The van der Waals surface area contributed by atoms with Gasteiger partial charge >= 0.3 is 0 Å². The number of hydrogen-bond acceptors (Lipinski definition) is 5. The number of ether oxygens (including phenoxy) is 2. The lowest BCUT2D eigenvalue weighted by Gasteiger charge is -2.45. The molecule has 1 amide bonds. The molecule has 7 nitrogen and oxygen atoms in total. The summed E-state index contributed by atoms with van der Waals surface area (Å²) in [4.78, 5) is 14.7. The highest BCUT2D eigenvalue weighted by atomic mass is 16.5. The molecule has 0 unspecified atom stereocenters. The lowest BCUT2D eigenvalue weighted by Crippen LogP contribution is -2.57. The fraction of sp³-hybridized carbons (Fsp3) is 0.778. The predicted molar refractivity (Wildman–Crippen MR) is 92.5 cm³/mol. The fourth-order valence-electron chi connectivity index (χ4n) is 3.68. The summed E-state index contributed by atoms with van der Waals surface area (Å²) in [5, 5.41) is 14.7. The SMILES string of the molecule is COCCn1nc(C(=O)N2CC(C(C)(C)O)C2)c2c1[C@H](C)O[C@H](C)C2. The number of rotatable bonds is 5. The van der Waals surface area contributed by atoms with Gasteiger partial charge in [0.05, 0.1) is 36.7 Å². The van der Waals surface area contributed by atoms with E-state index >= 15 is 0 Å². The number of nitrogens with zero attached hydrogens (tertiary/aromatic N) is 3. The second-order valence-corrected chi connectivity index (χ2v) is 7.78. The summed E-state index contributed by atoms with van der Waals surface area (Å²) in [6.07, 6.45) is 0.663. The number of methoxy groups -OCH3 is 1. The van der Waals surface area contributed by atoms with E-state index in [0.717, 1.165) is 11.3 Å². The summed E-state index contributed by atoms with van der Waals surface area (Å²) >= 11 is 0. The maximum Gasteiger partial charge on any atom is 0.274 e. The van der Waals surface area contributed by atoms with Gasteiger partial charge in [0.15, 0.2) is 5.69 Å². The summed E-state index contributed by atoms with van der Waals surface area (Å²) in [6, 6.07) is 0. The zero-order valence-corrected chi connectivity index (χ0v) is 15.8. The second-order valence-electron chi connectivity index (χ2n) is 7.78. The van der Waals surface area contributed by atoms with Crippen molar-refractivity contribution >= 4 is 5.91 Å². The van der Waals surface area contributed by atoms with Crippen molar-refractivity contribution in [1.29, 1.82) is 0 Å². The third kappa shape index (κ3) is 3.45. The van der Waals surface area contributed by atoms with E-state index in [-0.39, 0.29) is 24.0 Å². The van der Waals surface area contributed by atoms with E-state index in [1.165, 1.54) is 0 Å². The average Bonchev–Trinajstić information content (AvgIpc) is 2.80. The van der Waals surface area contributed by atoms with Gasteiger partial charge in [-0.15, -0.1) is 0 Å². The van der Waals surface area contributed by atoms with Crippen LogP contribution in [0.1, 0.15) is 55.5 Å². The van der Waals surface area contributed by atoms with Crippen molar-refractivity contribution in [2.24, 2.45) is 5.92 Å². The Bertz CT molecular complexity index is 643. The lowest BCUT2D eigenvalue weighted by molar-refractivity contribution is -0.0509. The van der Waals surface area contributed by atoms with Crippen molar-refractivity contribution in [3.8, 4) is 0 Å². The molecule has 2 aliphatic rings. The summed E-state index contributed by atoms with van der Waals surface area (Å²) in [5.41, 5.74) is 1.75. The normalized spacial score (nSPS) is 24.2. The second kappa shape index (κ2) is 6.70. The minimum absolute atomic E-state index is 0.0470. The minimum Gasteiger partial charge on any atom is -0.390 e. The molecule has 0 spiro atoms. The first-order valence-corrected chi connectivity index (χ1v) is 8.98. The number of hydrogen-bond donors (Lipinski definition) is 1. The molecule has 140 valence electrons. The van der Waals surface area contributed by atoms with Crippen LogP contribution in [0.5, 0.6) is 0 Å². The molecule has 0 aromatic carbocycles. The molecule has 3 heterocycles. The van der Waals surface area contributed by atoms with Crippen LogP contribution in [-0.2, 0) is 22.4 Å². The molecule has 7 heteroatoms. The van der Waals surface area contributed by atoms with Crippen molar-refractivity contribution in [2.45, 2.75) is 58.5 Å². The van der Waals surface area contributed by atoms with Gasteiger partial charge in [-0.25, -0.2) is 0 Å². The van der Waals surface area contributed by atoms with Crippen molar-refractivity contribution in [3.05, 3.63) is 17.0 Å². The van der Waals surface area contributed by atoms with Gasteiger partial charge in [-0.1, -0.05) is 0 Å². The van der Waals surface area contributed by atoms with Crippen LogP contribution in [0.25, 0.3) is 0 Å². The van der Waals surface area contributed by atoms with Crippen molar-refractivity contribution in [3.63, 3.8) is 0 Å². The third-order valence-electron chi connectivity index (χ3n) is 5.28. The number of likely N-dealkylation sites (tertiary alicyclic amines) is 1. The van der Waals surface area contributed by atoms with Gasteiger partial charge in [-0.2, -0.15) is 5.10 Å². The van der Waals surface area contributed by atoms with E-state index in [0.29, 0.717) is 38.4 Å². The Balaban J connectivity index is 1.85. The molecule has 0 bridgehead atoms. The van der Waals surface area contributed by atoms with Crippen molar-refractivity contribution < 1.29 is 19.4 Å². The molecule has 3 rings (SSSR count). The minimum atomic E-state index is -0.759. The Hall–Kier alpha value is -1.44. The number of carbonyl (C=O) groups excluding carboxylic acids is 1. The largest absolute Gasteiger partial charge is 0.390 e. The van der Waals surface area contributed by atoms with Gasteiger partial charge in [0.2, 0.25) is 0 Å². The molecule has 0 saturated carbocycles. The Labute approximate surface area is 148 Å². The molecule has 2 atom stereocenters. The van der Waals surface area contributed by atoms with Crippen LogP contribution < -0.4 is 0 Å². The summed E-state index contributed by atoms with van der Waals surface area (Å²) in [7, 11) is 1.65. The molecule has 1 aromatic rings. The Morgan fingerprint density at radius 3 is 2.68 bits per heavy atom. The van der Waals surface area contributed by atoms with Gasteiger partial charge in [0.1, 0.15) is 0 Å². The predicted octanol–water partition coefficient (Wildman–Crippen LogP) is 1.39. The highest BCUT2D eigenvalue weighted by Crippen LogP contribution is 2.34. The molecule has 0 aliphatic carbocycles. The number of aliphatic hydroxyl groups is 1. The molecular formula is C18H29N3O4. The van der Waals surface area contributed by atoms with Crippen LogP contribution in [0, 0.1) is 5.92 Å². The van der Waals surface area contributed by atoms with Crippen LogP contribution in [-0.4, -0.2) is 64.2 Å². The van der Waals surface area contributed by atoms with Crippen LogP contribution in [0.4, 0.5) is 0 Å². The van der Waals surface area contributed by atoms with E-state index in [1.54, 1.807) is 25.9 Å². The van der Waals surface area contributed by atoms with Crippen molar-refractivity contribution in [2.75, 3.05) is 26.8 Å². The van der Waals surface area contributed by atoms with Crippen molar-refractivity contribution in [1.82, 2.24) is 14.7 Å². The first-order chi connectivity index (χ1) is 11.7. The van der Waals surface area contributed by atoms with E-state index in [2.05, 4.69) is 5.10 Å². The Morgan fingerprint density at radius 1 is 1.40 bits per heavy atom. The van der Waals surface area contributed by atoms with E-state index in [1.807, 2.05) is 18.5 Å². The van der Waals surface area contributed by atoms with Gasteiger partial charge in [0.25, 0.3) is 5.91 Å². The molecule has 0 radical (unpaired) electrons.